The van der Waals surface area contributed by atoms with E-state index in [9.17, 15) is 0 Å². The smallest absolute Gasteiger partial charge is 0.156 e. The van der Waals surface area contributed by atoms with Gasteiger partial charge < -0.3 is 10.3 Å². The van der Waals surface area contributed by atoms with Gasteiger partial charge in [0.2, 0.25) is 0 Å². The fourth-order valence-electron chi connectivity index (χ4n) is 1.83. The number of aryl methyl sites for hydroxylation is 1. The Morgan fingerprint density at radius 1 is 1.14 bits per heavy atom. The normalized spacial score (nSPS) is 10.7. The summed E-state index contributed by atoms with van der Waals surface area (Å²) < 4.78 is 5.35. The first-order chi connectivity index (χ1) is 10.2. The quantitative estimate of drug-likeness (QED) is 0.744. The third-order valence-corrected chi connectivity index (χ3v) is 3.97. The molecule has 1 aromatic carbocycles. The Balaban J connectivity index is 1.71. The molecule has 0 bridgehead atoms. The van der Waals surface area contributed by atoms with Gasteiger partial charge in [-0.05, 0) is 6.92 Å². The van der Waals surface area contributed by atoms with E-state index in [-0.39, 0.29) is 0 Å². The average molecular weight is 298 g/mol. The zero-order valence-corrected chi connectivity index (χ0v) is 12.3. The maximum absolute atomic E-state index is 5.75. The number of nitrogens with zero attached hydrogens (tertiary/aromatic N) is 3. The van der Waals surface area contributed by atoms with Gasteiger partial charge in [-0.25, -0.2) is 9.97 Å². The van der Waals surface area contributed by atoms with Gasteiger partial charge in [-0.1, -0.05) is 46.7 Å². The van der Waals surface area contributed by atoms with Crippen molar-refractivity contribution < 1.29 is 4.52 Å². The van der Waals surface area contributed by atoms with Crippen LogP contribution in [-0.4, -0.2) is 15.1 Å². The Morgan fingerprint density at radius 3 is 2.67 bits per heavy atom. The monoisotopic (exact) mass is 298 g/mol. The second-order valence-corrected chi connectivity index (χ2v) is 5.54. The topological polar surface area (TPSA) is 77.8 Å². The lowest BCUT2D eigenvalue weighted by Crippen LogP contribution is -1.94. The highest BCUT2D eigenvalue weighted by Crippen LogP contribution is 2.26. The van der Waals surface area contributed by atoms with E-state index in [0.29, 0.717) is 16.6 Å². The van der Waals surface area contributed by atoms with Crippen LogP contribution in [0.15, 0.2) is 52.3 Å². The van der Waals surface area contributed by atoms with Gasteiger partial charge in [-0.3, -0.25) is 0 Å². The summed E-state index contributed by atoms with van der Waals surface area (Å²) in [6.07, 6.45) is 3.19. The van der Waals surface area contributed by atoms with Crippen LogP contribution in [-0.2, 0) is 5.75 Å². The summed E-state index contributed by atoms with van der Waals surface area (Å²) in [4.78, 5) is 8.18. The van der Waals surface area contributed by atoms with Crippen LogP contribution in [0.3, 0.4) is 0 Å². The van der Waals surface area contributed by atoms with Gasteiger partial charge in [0.05, 0.1) is 5.75 Å². The fraction of sp³-hybridized carbons (Fsp3) is 0.133. The van der Waals surface area contributed by atoms with E-state index in [1.807, 2.05) is 18.2 Å². The molecule has 0 aliphatic rings. The molecular formula is C15H14N4OS. The summed E-state index contributed by atoms with van der Waals surface area (Å²) in [5, 5.41) is 4.79. The number of anilines is 1. The summed E-state index contributed by atoms with van der Waals surface area (Å²) in [6.45, 7) is 2.06. The van der Waals surface area contributed by atoms with Crippen molar-refractivity contribution in [2.24, 2.45) is 0 Å². The first-order valence-corrected chi connectivity index (χ1v) is 7.43. The molecular weight excluding hydrogens is 284 g/mol. The zero-order valence-electron chi connectivity index (χ0n) is 11.5. The molecule has 0 unspecified atom stereocenters. The van der Waals surface area contributed by atoms with Crippen molar-refractivity contribution in [1.29, 1.82) is 0 Å². The Hall–Kier alpha value is -2.34. The lowest BCUT2D eigenvalue weighted by Gasteiger charge is -1.99. The SMILES string of the molecule is Cc1ccc(-c2cc(CSc3nccnc3N)on2)cc1. The van der Waals surface area contributed by atoms with E-state index >= 15 is 0 Å². The highest BCUT2D eigenvalue weighted by molar-refractivity contribution is 7.98. The van der Waals surface area contributed by atoms with E-state index in [0.717, 1.165) is 17.0 Å². The van der Waals surface area contributed by atoms with Gasteiger partial charge in [0.15, 0.2) is 5.82 Å². The first-order valence-electron chi connectivity index (χ1n) is 6.44. The van der Waals surface area contributed by atoms with Gasteiger partial charge in [-0.15, -0.1) is 0 Å². The summed E-state index contributed by atoms with van der Waals surface area (Å²) in [7, 11) is 0. The van der Waals surface area contributed by atoms with Crippen LogP contribution in [0.25, 0.3) is 11.3 Å². The van der Waals surface area contributed by atoms with E-state index in [2.05, 4.69) is 34.2 Å². The molecule has 0 fully saturated rings. The fourth-order valence-corrected chi connectivity index (χ4v) is 2.58. The molecule has 0 saturated heterocycles. The molecule has 0 atom stereocenters. The van der Waals surface area contributed by atoms with Crippen molar-refractivity contribution in [3.05, 3.63) is 54.0 Å². The number of thioether (sulfide) groups is 1. The van der Waals surface area contributed by atoms with Gasteiger partial charge in [0.1, 0.15) is 16.5 Å². The van der Waals surface area contributed by atoms with Crippen molar-refractivity contribution in [1.82, 2.24) is 15.1 Å². The predicted molar refractivity (Wildman–Crippen MR) is 82.7 cm³/mol. The van der Waals surface area contributed by atoms with Crippen molar-refractivity contribution in [2.75, 3.05) is 5.73 Å². The van der Waals surface area contributed by atoms with Gasteiger partial charge in [0, 0.05) is 24.0 Å². The molecule has 3 rings (SSSR count). The van der Waals surface area contributed by atoms with Crippen molar-refractivity contribution >= 4 is 17.6 Å². The molecule has 2 N–H and O–H groups in total. The van der Waals surface area contributed by atoms with Crippen LogP contribution >= 0.6 is 11.8 Å². The minimum absolute atomic E-state index is 0.431. The molecule has 6 heteroatoms. The highest BCUT2D eigenvalue weighted by atomic mass is 32.2. The van der Waals surface area contributed by atoms with E-state index < -0.39 is 0 Å². The number of nitrogen functional groups attached to an aromatic ring is 1. The standard InChI is InChI=1S/C15H14N4OS/c1-10-2-4-11(5-3-10)13-8-12(20-19-13)9-21-15-14(16)17-6-7-18-15/h2-8H,9H2,1H3,(H2,16,17). The van der Waals surface area contributed by atoms with Crippen LogP contribution in [0.2, 0.25) is 0 Å². The molecule has 3 aromatic rings. The molecule has 21 heavy (non-hydrogen) atoms. The number of rotatable bonds is 4. The largest absolute Gasteiger partial charge is 0.381 e. The number of nitrogens with two attached hydrogens (primary N) is 1. The molecule has 0 amide bonds. The summed E-state index contributed by atoms with van der Waals surface area (Å²) in [5.74, 6) is 1.82. The van der Waals surface area contributed by atoms with Crippen LogP contribution in [0, 0.1) is 6.92 Å². The molecule has 0 saturated carbocycles. The highest BCUT2D eigenvalue weighted by Gasteiger charge is 2.09. The van der Waals surface area contributed by atoms with Gasteiger partial charge in [-0.2, -0.15) is 0 Å². The van der Waals surface area contributed by atoms with Crippen molar-refractivity contribution in [2.45, 2.75) is 17.7 Å². The second kappa shape index (κ2) is 5.97. The number of hydrogen-bond acceptors (Lipinski definition) is 6. The lowest BCUT2D eigenvalue weighted by molar-refractivity contribution is 0.397. The molecule has 106 valence electrons. The zero-order chi connectivity index (χ0) is 14.7. The van der Waals surface area contributed by atoms with Crippen LogP contribution in [0.1, 0.15) is 11.3 Å². The van der Waals surface area contributed by atoms with E-state index in [1.54, 1.807) is 12.4 Å². The third kappa shape index (κ3) is 3.22. The summed E-state index contributed by atoms with van der Waals surface area (Å²) in [5.41, 5.74) is 8.85. The van der Waals surface area contributed by atoms with E-state index in [4.69, 9.17) is 10.3 Å². The Morgan fingerprint density at radius 2 is 1.90 bits per heavy atom. The first kappa shape index (κ1) is 13.6. The maximum Gasteiger partial charge on any atom is 0.156 e. The second-order valence-electron chi connectivity index (χ2n) is 4.58. The lowest BCUT2D eigenvalue weighted by atomic mass is 10.1. The molecule has 0 radical (unpaired) electrons. The van der Waals surface area contributed by atoms with E-state index in [1.165, 1.54) is 17.3 Å². The molecule has 0 aliphatic heterocycles. The van der Waals surface area contributed by atoms with Gasteiger partial charge >= 0.3 is 0 Å². The molecule has 5 nitrogen and oxygen atoms in total. The predicted octanol–water partition coefficient (Wildman–Crippen LogP) is 3.31. The number of benzene rings is 1. The Kier molecular flexibility index (Phi) is 3.87. The van der Waals surface area contributed by atoms with Gasteiger partial charge in [0.25, 0.3) is 0 Å². The maximum atomic E-state index is 5.75. The number of aromatic nitrogens is 3. The summed E-state index contributed by atoms with van der Waals surface area (Å²) in [6, 6.07) is 10.1. The van der Waals surface area contributed by atoms with Crippen LogP contribution in [0.5, 0.6) is 0 Å². The van der Waals surface area contributed by atoms with Crippen LogP contribution in [0.4, 0.5) is 5.82 Å². The third-order valence-electron chi connectivity index (χ3n) is 2.95. The minimum Gasteiger partial charge on any atom is -0.381 e. The molecule has 2 heterocycles. The molecule has 2 aromatic heterocycles. The number of hydrogen-bond donors (Lipinski definition) is 1. The van der Waals surface area contributed by atoms with Crippen molar-refractivity contribution in [3.63, 3.8) is 0 Å². The Bertz CT molecular complexity index is 739. The average Bonchev–Trinajstić information content (AvgIpc) is 2.96. The Labute approximate surface area is 126 Å². The minimum atomic E-state index is 0.431. The molecule has 0 spiro atoms. The molecule has 0 aliphatic carbocycles. The summed E-state index contributed by atoms with van der Waals surface area (Å²) >= 11 is 1.48. The van der Waals surface area contributed by atoms with Crippen LogP contribution < -0.4 is 5.73 Å². The van der Waals surface area contributed by atoms with Crippen molar-refractivity contribution in [3.8, 4) is 11.3 Å².